The van der Waals surface area contributed by atoms with E-state index in [1.165, 1.54) is 0 Å². The van der Waals surface area contributed by atoms with Crippen molar-refractivity contribution in [2.24, 2.45) is 0 Å². The van der Waals surface area contributed by atoms with Gasteiger partial charge in [-0.3, -0.25) is 4.79 Å². The van der Waals surface area contributed by atoms with Crippen molar-refractivity contribution in [1.82, 2.24) is 0 Å². The summed E-state index contributed by atoms with van der Waals surface area (Å²) in [4.78, 5) is 23.1. The van der Waals surface area contributed by atoms with Crippen molar-refractivity contribution in [1.29, 1.82) is 0 Å². The van der Waals surface area contributed by atoms with Crippen LogP contribution in [0.3, 0.4) is 0 Å². The summed E-state index contributed by atoms with van der Waals surface area (Å²) in [5.74, 6) is -5.88. The third kappa shape index (κ3) is 4.29. The number of amides is 1. The van der Waals surface area contributed by atoms with Crippen molar-refractivity contribution in [3.63, 3.8) is 0 Å². The highest BCUT2D eigenvalue weighted by molar-refractivity contribution is 5.95. The van der Waals surface area contributed by atoms with Gasteiger partial charge < -0.3 is 10.1 Å². The van der Waals surface area contributed by atoms with Crippen LogP contribution in [0, 0.1) is 23.3 Å². The van der Waals surface area contributed by atoms with Gasteiger partial charge in [-0.15, -0.1) is 0 Å². The molecule has 0 radical (unpaired) electrons. The van der Waals surface area contributed by atoms with Crippen LogP contribution < -0.4 is 5.32 Å². The fraction of sp³-hybridized carbons (Fsp3) is 0.0667. The molecule has 0 saturated heterocycles. The zero-order valence-electron chi connectivity index (χ0n) is 11.4. The van der Waals surface area contributed by atoms with Gasteiger partial charge in [-0.25, -0.2) is 22.4 Å². The number of esters is 1. The summed E-state index contributed by atoms with van der Waals surface area (Å²) < 4.78 is 56.8. The molecular formula is C15H9F4NO3. The highest BCUT2D eigenvalue weighted by Gasteiger charge is 2.16. The van der Waals surface area contributed by atoms with Crippen LogP contribution >= 0.6 is 0 Å². The maximum absolute atomic E-state index is 13.3. The molecule has 23 heavy (non-hydrogen) atoms. The molecule has 0 fully saturated rings. The Kier molecular flexibility index (Phi) is 4.95. The van der Waals surface area contributed by atoms with Gasteiger partial charge in [0.25, 0.3) is 5.91 Å². The van der Waals surface area contributed by atoms with Gasteiger partial charge in [0.2, 0.25) is 0 Å². The summed E-state index contributed by atoms with van der Waals surface area (Å²) in [6.07, 6.45) is 0. The molecule has 0 atom stereocenters. The Balaban J connectivity index is 1.96. The van der Waals surface area contributed by atoms with Crippen LogP contribution in [-0.4, -0.2) is 18.5 Å². The second-order valence-electron chi connectivity index (χ2n) is 4.37. The standard InChI is InChI=1S/C15H9F4NO3/c16-8-1-3-11(18)10(5-8)15(22)23-7-14(21)20-13-4-2-9(17)6-12(13)19/h1-6H,7H2,(H,20,21). The number of anilines is 1. The molecule has 1 amide bonds. The molecule has 0 aliphatic heterocycles. The smallest absolute Gasteiger partial charge is 0.341 e. The van der Waals surface area contributed by atoms with E-state index < -0.39 is 47.3 Å². The number of halogens is 4. The molecule has 0 bridgehead atoms. The summed E-state index contributed by atoms with van der Waals surface area (Å²) in [6, 6.07) is 4.64. The molecular weight excluding hydrogens is 318 g/mol. The van der Waals surface area contributed by atoms with Gasteiger partial charge >= 0.3 is 5.97 Å². The molecule has 0 unspecified atom stereocenters. The van der Waals surface area contributed by atoms with Gasteiger partial charge in [0, 0.05) is 6.07 Å². The lowest BCUT2D eigenvalue weighted by molar-refractivity contribution is -0.119. The first-order chi connectivity index (χ1) is 10.9. The van der Waals surface area contributed by atoms with Crippen LogP contribution in [0.5, 0.6) is 0 Å². The minimum atomic E-state index is -1.25. The highest BCUT2D eigenvalue weighted by Crippen LogP contribution is 2.15. The van der Waals surface area contributed by atoms with E-state index in [4.69, 9.17) is 0 Å². The monoisotopic (exact) mass is 327 g/mol. The lowest BCUT2D eigenvalue weighted by Gasteiger charge is -2.08. The quantitative estimate of drug-likeness (QED) is 0.694. The predicted molar refractivity (Wildman–Crippen MR) is 71.6 cm³/mol. The van der Waals surface area contributed by atoms with E-state index >= 15 is 0 Å². The van der Waals surface area contributed by atoms with Crippen LogP contribution in [0.1, 0.15) is 10.4 Å². The summed E-state index contributed by atoms with van der Waals surface area (Å²) in [5.41, 5.74) is -0.991. The number of carbonyl (C=O) groups is 2. The maximum Gasteiger partial charge on any atom is 0.341 e. The second kappa shape index (κ2) is 6.91. The number of rotatable bonds is 4. The van der Waals surface area contributed by atoms with Crippen LogP contribution in [0.2, 0.25) is 0 Å². The number of nitrogens with one attached hydrogen (secondary N) is 1. The molecule has 0 spiro atoms. The first-order valence-electron chi connectivity index (χ1n) is 6.24. The summed E-state index contributed by atoms with van der Waals surface area (Å²) in [7, 11) is 0. The Hall–Kier alpha value is -2.90. The number of carbonyl (C=O) groups excluding carboxylic acids is 2. The van der Waals surface area contributed by atoms with Gasteiger partial charge in [0.05, 0.1) is 11.3 Å². The first kappa shape index (κ1) is 16.5. The van der Waals surface area contributed by atoms with Gasteiger partial charge in [-0.2, -0.15) is 0 Å². The van der Waals surface area contributed by atoms with Gasteiger partial charge in [0.1, 0.15) is 23.3 Å². The lowest BCUT2D eigenvalue weighted by atomic mass is 10.2. The van der Waals surface area contributed by atoms with Crippen molar-refractivity contribution in [3.8, 4) is 0 Å². The Labute approximate surface area is 127 Å². The Morgan fingerprint density at radius 2 is 1.57 bits per heavy atom. The van der Waals surface area contributed by atoms with Crippen molar-refractivity contribution < 1.29 is 31.9 Å². The molecule has 4 nitrogen and oxygen atoms in total. The van der Waals surface area contributed by atoms with Crippen LogP contribution in [0.15, 0.2) is 36.4 Å². The molecule has 2 aromatic carbocycles. The Bertz CT molecular complexity index is 764. The molecule has 0 heterocycles. The third-order valence-electron chi connectivity index (χ3n) is 2.69. The number of hydrogen-bond acceptors (Lipinski definition) is 3. The van der Waals surface area contributed by atoms with E-state index in [0.717, 1.165) is 24.3 Å². The summed E-state index contributed by atoms with van der Waals surface area (Å²) in [5, 5.41) is 2.04. The minimum absolute atomic E-state index is 0.315. The molecule has 120 valence electrons. The lowest BCUT2D eigenvalue weighted by Crippen LogP contribution is -2.22. The van der Waals surface area contributed by atoms with Crippen molar-refractivity contribution in [3.05, 3.63) is 65.2 Å². The zero-order valence-corrected chi connectivity index (χ0v) is 11.4. The highest BCUT2D eigenvalue weighted by atomic mass is 19.1. The first-order valence-corrected chi connectivity index (χ1v) is 6.24. The molecule has 0 aliphatic rings. The van der Waals surface area contributed by atoms with Crippen molar-refractivity contribution in [2.45, 2.75) is 0 Å². The Morgan fingerprint density at radius 3 is 2.26 bits per heavy atom. The van der Waals surface area contributed by atoms with Crippen LogP contribution in [0.4, 0.5) is 23.2 Å². The zero-order chi connectivity index (χ0) is 17.0. The largest absolute Gasteiger partial charge is 0.452 e. The molecule has 8 heteroatoms. The molecule has 0 saturated carbocycles. The fourth-order valence-corrected chi connectivity index (χ4v) is 1.64. The fourth-order valence-electron chi connectivity index (χ4n) is 1.64. The van der Waals surface area contributed by atoms with Gasteiger partial charge in [-0.1, -0.05) is 0 Å². The van der Waals surface area contributed by atoms with E-state index in [0.29, 0.717) is 12.1 Å². The number of ether oxygens (including phenoxy) is 1. The van der Waals surface area contributed by atoms with Crippen molar-refractivity contribution in [2.75, 3.05) is 11.9 Å². The molecule has 2 rings (SSSR count). The van der Waals surface area contributed by atoms with E-state index in [1.807, 2.05) is 5.32 Å². The number of benzene rings is 2. The van der Waals surface area contributed by atoms with E-state index in [2.05, 4.69) is 4.74 Å². The normalized spacial score (nSPS) is 10.3. The average Bonchev–Trinajstić information content (AvgIpc) is 2.50. The molecule has 1 N–H and O–H groups in total. The van der Waals surface area contributed by atoms with E-state index in [-0.39, 0.29) is 5.69 Å². The SMILES string of the molecule is O=C(COC(=O)c1cc(F)ccc1F)Nc1ccc(F)cc1F. The van der Waals surface area contributed by atoms with Crippen LogP contribution in [0.25, 0.3) is 0 Å². The molecule has 2 aromatic rings. The Morgan fingerprint density at radius 1 is 0.913 bits per heavy atom. The number of hydrogen-bond donors (Lipinski definition) is 1. The van der Waals surface area contributed by atoms with Crippen LogP contribution in [-0.2, 0) is 9.53 Å². The van der Waals surface area contributed by atoms with E-state index in [9.17, 15) is 27.2 Å². The third-order valence-corrected chi connectivity index (χ3v) is 2.69. The summed E-state index contributed by atoms with van der Waals surface area (Å²) in [6.45, 7) is -0.856. The van der Waals surface area contributed by atoms with Crippen molar-refractivity contribution >= 4 is 17.6 Å². The van der Waals surface area contributed by atoms with E-state index in [1.54, 1.807) is 0 Å². The second-order valence-corrected chi connectivity index (χ2v) is 4.37. The maximum atomic E-state index is 13.3. The van der Waals surface area contributed by atoms with Gasteiger partial charge in [-0.05, 0) is 30.3 Å². The minimum Gasteiger partial charge on any atom is -0.452 e. The summed E-state index contributed by atoms with van der Waals surface area (Å²) >= 11 is 0. The average molecular weight is 327 g/mol. The van der Waals surface area contributed by atoms with Gasteiger partial charge in [0.15, 0.2) is 6.61 Å². The molecule has 0 aromatic heterocycles. The topological polar surface area (TPSA) is 55.4 Å². The predicted octanol–water partition coefficient (Wildman–Crippen LogP) is 3.04. The molecule has 0 aliphatic carbocycles.